The Morgan fingerprint density at radius 3 is 2.21 bits per heavy atom. The van der Waals surface area contributed by atoms with Crippen molar-refractivity contribution in [2.45, 2.75) is 12.4 Å². The van der Waals surface area contributed by atoms with Crippen molar-refractivity contribution in [3.05, 3.63) is 58.1 Å². The SMILES string of the molecule is Cl.Cl.Oc1ccc(Br)cc1[C@H](c1ccc(OC(F)(F)F)cc1)N1CCNCC1. The molecular formula is C18H20BrCl2F3N2O2. The fraction of sp³-hybridized carbons (Fsp3) is 0.333. The number of halogens is 6. The summed E-state index contributed by atoms with van der Waals surface area (Å²) in [6, 6.07) is 10.7. The van der Waals surface area contributed by atoms with Crippen molar-refractivity contribution in [3.8, 4) is 11.5 Å². The summed E-state index contributed by atoms with van der Waals surface area (Å²) in [7, 11) is 0. The second-order valence-corrected chi connectivity index (χ2v) is 6.92. The number of piperazine rings is 1. The van der Waals surface area contributed by atoms with E-state index in [9.17, 15) is 18.3 Å². The molecule has 0 saturated carbocycles. The molecule has 1 heterocycles. The fourth-order valence-corrected chi connectivity index (χ4v) is 3.50. The van der Waals surface area contributed by atoms with Crippen LogP contribution >= 0.6 is 40.7 Å². The first-order valence-electron chi connectivity index (χ1n) is 8.12. The molecule has 0 radical (unpaired) electrons. The first-order chi connectivity index (χ1) is 12.3. The highest BCUT2D eigenvalue weighted by Crippen LogP contribution is 2.37. The monoisotopic (exact) mass is 502 g/mol. The summed E-state index contributed by atoms with van der Waals surface area (Å²) in [5.41, 5.74) is 1.49. The predicted molar refractivity (Wildman–Crippen MR) is 110 cm³/mol. The molecule has 0 aromatic heterocycles. The van der Waals surface area contributed by atoms with E-state index in [4.69, 9.17) is 0 Å². The number of nitrogens with one attached hydrogen (secondary N) is 1. The van der Waals surface area contributed by atoms with Crippen LogP contribution in [0.1, 0.15) is 17.2 Å². The van der Waals surface area contributed by atoms with Gasteiger partial charge < -0.3 is 15.2 Å². The Hall–Kier alpha value is -1.19. The Morgan fingerprint density at radius 1 is 1.04 bits per heavy atom. The smallest absolute Gasteiger partial charge is 0.508 e. The zero-order chi connectivity index (χ0) is 18.7. The quantitative estimate of drug-likeness (QED) is 0.623. The van der Waals surface area contributed by atoms with E-state index in [-0.39, 0.29) is 42.4 Å². The first kappa shape index (κ1) is 24.8. The molecule has 1 fully saturated rings. The van der Waals surface area contributed by atoms with Gasteiger partial charge in [-0.3, -0.25) is 4.90 Å². The van der Waals surface area contributed by atoms with Gasteiger partial charge in [0.1, 0.15) is 11.5 Å². The van der Waals surface area contributed by atoms with E-state index in [0.29, 0.717) is 5.56 Å². The van der Waals surface area contributed by atoms with Gasteiger partial charge in [0.25, 0.3) is 0 Å². The van der Waals surface area contributed by atoms with Crippen molar-refractivity contribution in [3.63, 3.8) is 0 Å². The number of phenols is 1. The Balaban J connectivity index is 0.00000196. The lowest BCUT2D eigenvalue weighted by molar-refractivity contribution is -0.274. The highest BCUT2D eigenvalue weighted by molar-refractivity contribution is 9.10. The van der Waals surface area contributed by atoms with Crippen LogP contribution in [0.4, 0.5) is 13.2 Å². The van der Waals surface area contributed by atoms with Crippen molar-refractivity contribution in [1.82, 2.24) is 10.2 Å². The normalized spacial score (nSPS) is 15.9. The zero-order valence-electron chi connectivity index (χ0n) is 14.6. The first-order valence-corrected chi connectivity index (χ1v) is 8.92. The molecule has 0 bridgehead atoms. The molecule has 28 heavy (non-hydrogen) atoms. The maximum atomic E-state index is 12.4. The number of aromatic hydroxyl groups is 1. The number of phenolic OH excluding ortho intramolecular Hbond substituents is 1. The summed E-state index contributed by atoms with van der Waals surface area (Å²) in [6.45, 7) is 3.13. The Kier molecular flexibility index (Phi) is 9.36. The minimum Gasteiger partial charge on any atom is -0.508 e. The van der Waals surface area contributed by atoms with Crippen LogP contribution in [0.3, 0.4) is 0 Å². The van der Waals surface area contributed by atoms with Gasteiger partial charge in [-0.15, -0.1) is 38.0 Å². The van der Waals surface area contributed by atoms with E-state index >= 15 is 0 Å². The third-order valence-electron chi connectivity index (χ3n) is 4.23. The fourth-order valence-electron chi connectivity index (χ4n) is 3.12. The molecule has 1 aliphatic heterocycles. The van der Waals surface area contributed by atoms with Crippen molar-refractivity contribution in [1.29, 1.82) is 0 Å². The van der Waals surface area contributed by atoms with Crippen LogP contribution in [0.25, 0.3) is 0 Å². The largest absolute Gasteiger partial charge is 0.573 e. The van der Waals surface area contributed by atoms with Gasteiger partial charge in [0.2, 0.25) is 0 Å². The van der Waals surface area contributed by atoms with Crippen LogP contribution in [0.2, 0.25) is 0 Å². The second kappa shape index (κ2) is 10.5. The molecule has 2 aromatic carbocycles. The number of hydrogen-bond acceptors (Lipinski definition) is 4. The molecule has 2 N–H and O–H groups in total. The van der Waals surface area contributed by atoms with Crippen LogP contribution in [0.15, 0.2) is 46.9 Å². The predicted octanol–water partition coefficient (Wildman–Crippen LogP) is 4.89. The van der Waals surface area contributed by atoms with Crippen molar-refractivity contribution in [2.24, 2.45) is 0 Å². The van der Waals surface area contributed by atoms with E-state index in [0.717, 1.165) is 36.2 Å². The molecular weight excluding hydrogens is 484 g/mol. The standard InChI is InChI=1S/C18H18BrF3N2O2.2ClH/c19-13-3-6-16(25)15(11-13)17(24-9-7-23-8-10-24)12-1-4-14(5-2-12)26-18(20,21)22;;/h1-6,11,17,23,25H,7-10H2;2*1H/t17-;;/m0../s1. The van der Waals surface area contributed by atoms with Gasteiger partial charge in [0.05, 0.1) is 6.04 Å². The molecule has 0 unspecified atom stereocenters. The molecule has 0 spiro atoms. The molecule has 0 aliphatic carbocycles. The van der Waals surface area contributed by atoms with Crippen LogP contribution in [-0.2, 0) is 0 Å². The molecule has 3 rings (SSSR count). The lowest BCUT2D eigenvalue weighted by Crippen LogP contribution is -2.45. The number of hydrogen-bond donors (Lipinski definition) is 2. The van der Waals surface area contributed by atoms with Gasteiger partial charge in [-0.2, -0.15) is 0 Å². The molecule has 4 nitrogen and oxygen atoms in total. The van der Waals surface area contributed by atoms with Crippen LogP contribution in [-0.4, -0.2) is 42.5 Å². The highest BCUT2D eigenvalue weighted by atomic mass is 79.9. The summed E-state index contributed by atoms with van der Waals surface area (Å²) in [5, 5.41) is 13.6. The minimum atomic E-state index is -4.72. The average Bonchev–Trinajstić information content (AvgIpc) is 2.59. The molecule has 156 valence electrons. The summed E-state index contributed by atoms with van der Waals surface area (Å²) < 4.78 is 41.9. The van der Waals surface area contributed by atoms with Gasteiger partial charge in [0.15, 0.2) is 0 Å². The van der Waals surface area contributed by atoms with Crippen molar-refractivity contribution >= 4 is 40.7 Å². The third-order valence-corrected chi connectivity index (χ3v) is 4.72. The number of rotatable bonds is 4. The number of ether oxygens (including phenoxy) is 1. The summed E-state index contributed by atoms with van der Waals surface area (Å²) in [5.74, 6) is -0.119. The van der Waals surface area contributed by atoms with Gasteiger partial charge >= 0.3 is 6.36 Å². The van der Waals surface area contributed by atoms with E-state index in [1.165, 1.54) is 12.1 Å². The zero-order valence-corrected chi connectivity index (χ0v) is 17.8. The van der Waals surface area contributed by atoms with Crippen molar-refractivity contribution in [2.75, 3.05) is 26.2 Å². The minimum absolute atomic E-state index is 0. The van der Waals surface area contributed by atoms with Crippen LogP contribution in [0.5, 0.6) is 11.5 Å². The molecule has 10 heteroatoms. The second-order valence-electron chi connectivity index (χ2n) is 6.01. The van der Waals surface area contributed by atoms with Crippen LogP contribution < -0.4 is 10.1 Å². The number of benzene rings is 2. The van der Waals surface area contributed by atoms with Gasteiger partial charge in [-0.25, -0.2) is 0 Å². The number of alkyl halides is 3. The third kappa shape index (κ3) is 6.42. The maximum Gasteiger partial charge on any atom is 0.573 e. The number of nitrogens with zero attached hydrogens (tertiary/aromatic N) is 1. The lowest BCUT2D eigenvalue weighted by atomic mass is 9.95. The van der Waals surface area contributed by atoms with Crippen LogP contribution in [0, 0.1) is 0 Å². The van der Waals surface area contributed by atoms with E-state index in [2.05, 4.69) is 30.9 Å². The summed E-state index contributed by atoms with van der Waals surface area (Å²) in [6.07, 6.45) is -4.72. The molecule has 0 amide bonds. The van der Waals surface area contributed by atoms with Gasteiger partial charge in [0, 0.05) is 36.2 Å². The highest BCUT2D eigenvalue weighted by Gasteiger charge is 2.31. The molecule has 1 atom stereocenters. The van der Waals surface area contributed by atoms with E-state index in [1.807, 2.05) is 6.07 Å². The van der Waals surface area contributed by atoms with Gasteiger partial charge in [-0.1, -0.05) is 28.1 Å². The summed E-state index contributed by atoms with van der Waals surface area (Å²) in [4.78, 5) is 2.19. The Bertz CT molecular complexity index is 757. The average molecular weight is 504 g/mol. The Labute approximate surface area is 182 Å². The van der Waals surface area contributed by atoms with Crippen molar-refractivity contribution < 1.29 is 23.0 Å². The topological polar surface area (TPSA) is 44.7 Å². The molecule has 2 aromatic rings. The lowest BCUT2D eigenvalue weighted by Gasteiger charge is -2.36. The molecule has 1 aliphatic rings. The molecule has 1 saturated heterocycles. The van der Waals surface area contributed by atoms with Gasteiger partial charge in [-0.05, 0) is 35.9 Å². The van der Waals surface area contributed by atoms with E-state index < -0.39 is 6.36 Å². The maximum absolute atomic E-state index is 12.4. The van der Waals surface area contributed by atoms with E-state index in [1.54, 1.807) is 24.3 Å². The Morgan fingerprint density at radius 2 is 1.64 bits per heavy atom. The summed E-state index contributed by atoms with van der Waals surface area (Å²) >= 11 is 3.42.